The number of hydrogen-bond donors (Lipinski definition) is 0. The lowest BCUT2D eigenvalue weighted by Gasteiger charge is -2.13. The number of hydrogen-bond acceptors (Lipinski definition) is 1. The van der Waals surface area contributed by atoms with Gasteiger partial charge in [-0.05, 0) is 37.6 Å². The molecule has 0 amide bonds. The van der Waals surface area contributed by atoms with Gasteiger partial charge in [0.15, 0.2) is 0 Å². The maximum absolute atomic E-state index is 13.8. The summed E-state index contributed by atoms with van der Waals surface area (Å²) < 4.78 is 19.2. The molecule has 1 nitrogen and oxygen atoms in total. The van der Waals surface area contributed by atoms with E-state index in [4.69, 9.17) is 16.3 Å². The maximum atomic E-state index is 13.8. The van der Waals surface area contributed by atoms with Crippen molar-refractivity contribution in [2.45, 2.75) is 19.2 Å². The fourth-order valence-electron chi connectivity index (χ4n) is 1.94. The highest BCUT2D eigenvalue weighted by molar-refractivity contribution is 6.22. The van der Waals surface area contributed by atoms with E-state index in [-0.39, 0.29) is 5.82 Å². The van der Waals surface area contributed by atoms with Gasteiger partial charge in [-0.1, -0.05) is 29.8 Å². The molecule has 0 N–H and O–H groups in total. The molecule has 1 atom stereocenters. The number of aryl methyl sites for hydroxylation is 1. The van der Waals surface area contributed by atoms with E-state index >= 15 is 0 Å². The Morgan fingerprint density at radius 1 is 1.16 bits per heavy atom. The molecule has 2 aromatic carbocycles. The highest BCUT2D eigenvalue weighted by Crippen LogP contribution is 2.32. The molecule has 0 aliphatic carbocycles. The summed E-state index contributed by atoms with van der Waals surface area (Å²) in [6.45, 7) is 4.47. The number of alkyl halides is 1. The van der Waals surface area contributed by atoms with Gasteiger partial charge in [-0.3, -0.25) is 0 Å². The first kappa shape index (κ1) is 13.9. The lowest BCUT2D eigenvalue weighted by Crippen LogP contribution is -1.98. The predicted octanol–water partition coefficient (Wildman–Crippen LogP) is 4.86. The van der Waals surface area contributed by atoms with Gasteiger partial charge in [0, 0.05) is 5.56 Å². The Hall–Kier alpha value is -1.54. The molecular formula is C16H16ClFO. The molecule has 0 saturated carbocycles. The van der Waals surface area contributed by atoms with Crippen LogP contribution in [-0.2, 0) is 0 Å². The van der Waals surface area contributed by atoms with Crippen molar-refractivity contribution in [3.05, 3.63) is 65.0 Å². The minimum absolute atomic E-state index is 0.278. The second-order valence-corrected chi connectivity index (χ2v) is 4.83. The summed E-state index contributed by atoms with van der Waals surface area (Å²) in [5, 5.41) is -0.490. The molecular weight excluding hydrogens is 263 g/mol. The van der Waals surface area contributed by atoms with Crippen LogP contribution in [0.25, 0.3) is 0 Å². The Morgan fingerprint density at radius 2 is 1.84 bits per heavy atom. The van der Waals surface area contributed by atoms with Crippen LogP contribution in [0.4, 0.5) is 4.39 Å². The zero-order chi connectivity index (χ0) is 13.8. The molecule has 0 aliphatic heterocycles. The fourth-order valence-corrected chi connectivity index (χ4v) is 2.25. The molecule has 0 heterocycles. The summed E-state index contributed by atoms with van der Waals surface area (Å²) in [5.74, 6) is 0.513. The molecule has 2 rings (SSSR count). The van der Waals surface area contributed by atoms with Crippen molar-refractivity contribution in [3.63, 3.8) is 0 Å². The second-order valence-electron chi connectivity index (χ2n) is 4.39. The standard InChI is InChI=1S/C16H16ClFO/c1-3-19-13-7-5-12(6-8-13)16(17)14-10-11(2)4-9-15(14)18/h4-10,16H,3H2,1-2H3. The number of rotatable bonds is 4. The summed E-state index contributed by atoms with van der Waals surface area (Å²) in [6.07, 6.45) is 0. The van der Waals surface area contributed by atoms with Crippen LogP contribution in [0, 0.1) is 12.7 Å². The first-order valence-electron chi connectivity index (χ1n) is 6.24. The minimum Gasteiger partial charge on any atom is -0.494 e. The largest absolute Gasteiger partial charge is 0.494 e. The molecule has 100 valence electrons. The number of halogens is 2. The van der Waals surface area contributed by atoms with Gasteiger partial charge in [-0.15, -0.1) is 11.6 Å². The molecule has 19 heavy (non-hydrogen) atoms. The molecule has 2 aromatic rings. The molecule has 0 aliphatic rings. The topological polar surface area (TPSA) is 9.23 Å². The Labute approximate surface area is 118 Å². The number of benzene rings is 2. The van der Waals surface area contributed by atoms with E-state index in [1.807, 2.05) is 38.1 Å². The van der Waals surface area contributed by atoms with Gasteiger partial charge in [0.1, 0.15) is 11.6 Å². The molecule has 0 radical (unpaired) electrons. The summed E-state index contributed by atoms with van der Waals surface area (Å²) >= 11 is 6.36. The van der Waals surface area contributed by atoms with Crippen LogP contribution in [0.3, 0.4) is 0 Å². The van der Waals surface area contributed by atoms with Crippen LogP contribution >= 0.6 is 11.6 Å². The Balaban J connectivity index is 2.27. The van der Waals surface area contributed by atoms with Gasteiger partial charge < -0.3 is 4.74 Å². The highest BCUT2D eigenvalue weighted by atomic mass is 35.5. The van der Waals surface area contributed by atoms with Gasteiger partial charge in [-0.2, -0.15) is 0 Å². The summed E-state index contributed by atoms with van der Waals surface area (Å²) in [7, 11) is 0. The van der Waals surface area contributed by atoms with Gasteiger partial charge >= 0.3 is 0 Å². The van der Waals surface area contributed by atoms with Gasteiger partial charge in [0.2, 0.25) is 0 Å². The lowest BCUT2D eigenvalue weighted by atomic mass is 10.0. The van der Waals surface area contributed by atoms with E-state index in [0.29, 0.717) is 12.2 Å². The molecule has 0 aromatic heterocycles. The monoisotopic (exact) mass is 278 g/mol. The Bertz CT molecular complexity index is 551. The van der Waals surface area contributed by atoms with Gasteiger partial charge in [0.25, 0.3) is 0 Å². The maximum Gasteiger partial charge on any atom is 0.128 e. The quantitative estimate of drug-likeness (QED) is 0.726. The molecule has 3 heteroatoms. The molecule has 0 fully saturated rings. The van der Waals surface area contributed by atoms with E-state index in [9.17, 15) is 4.39 Å². The molecule has 1 unspecified atom stereocenters. The van der Waals surface area contributed by atoms with Crippen molar-refractivity contribution in [3.8, 4) is 5.75 Å². The number of ether oxygens (including phenoxy) is 1. The van der Waals surface area contributed by atoms with E-state index in [2.05, 4.69) is 0 Å². The zero-order valence-electron chi connectivity index (χ0n) is 11.0. The van der Waals surface area contributed by atoms with Crippen LogP contribution in [0.5, 0.6) is 5.75 Å². The third kappa shape index (κ3) is 3.27. The van der Waals surface area contributed by atoms with Crippen molar-refractivity contribution in [2.24, 2.45) is 0 Å². The van der Waals surface area contributed by atoms with Crippen LogP contribution in [0.1, 0.15) is 29.0 Å². The average Bonchev–Trinajstić information content (AvgIpc) is 2.42. The molecule has 0 saturated heterocycles. The van der Waals surface area contributed by atoms with Crippen molar-refractivity contribution in [1.82, 2.24) is 0 Å². The lowest BCUT2D eigenvalue weighted by molar-refractivity contribution is 0.340. The molecule has 0 bridgehead atoms. The minimum atomic E-state index is -0.490. The van der Waals surface area contributed by atoms with E-state index in [1.165, 1.54) is 6.07 Å². The highest BCUT2D eigenvalue weighted by Gasteiger charge is 2.15. The summed E-state index contributed by atoms with van der Waals surface area (Å²) in [6, 6.07) is 12.4. The molecule has 0 spiro atoms. The van der Waals surface area contributed by atoms with Crippen LogP contribution < -0.4 is 4.74 Å². The van der Waals surface area contributed by atoms with Crippen LogP contribution in [-0.4, -0.2) is 6.61 Å². The van der Waals surface area contributed by atoms with E-state index < -0.39 is 5.38 Å². The van der Waals surface area contributed by atoms with Crippen LogP contribution in [0.15, 0.2) is 42.5 Å². The van der Waals surface area contributed by atoms with Crippen molar-refractivity contribution in [1.29, 1.82) is 0 Å². The second kappa shape index (κ2) is 6.07. The predicted molar refractivity (Wildman–Crippen MR) is 76.4 cm³/mol. The zero-order valence-corrected chi connectivity index (χ0v) is 11.7. The average molecular weight is 279 g/mol. The first-order chi connectivity index (χ1) is 9.11. The van der Waals surface area contributed by atoms with Crippen molar-refractivity contribution in [2.75, 3.05) is 6.61 Å². The van der Waals surface area contributed by atoms with Gasteiger partial charge in [0.05, 0.1) is 12.0 Å². The summed E-state index contributed by atoms with van der Waals surface area (Å²) in [4.78, 5) is 0. The van der Waals surface area contributed by atoms with E-state index in [1.54, 1.807) is 12.1 Å². The third-order valence-electron chi connectivity index (χ3n) is 2.91. The third-order valence-corrected chi connectivity index (χ3v) is 3.40. The smallest absolute Gasteiger partial charge is 0.128 e. The van der Waals surface area contributed by atoms with Crippen LogP contribution in [0.2, 0.25) is 0 Å². The normalized spacial score (nSPS) is 12.2. The van der Waals surface area contributed by atoms with Crippen molar-refractivity contribution >= 4 is 11.6 Å². The SMILES string of the molecule is CCOc1ccc(C(Cl)c2cc(C)ccc2F)cc1. The first-order valence-corrected chi connectivity index (χ1v) is 6.68. The Morgan fingerprint density at radius 3 is 2.47 bits per heavy atom. The Kier molecular flexibility index (Phi) is 4.43. The van der Waals surface area contributed by atoms with E-state index in [0.717, 1.165) is 16.9 Å². The summed E-state index contributed by atoms with van der Waals surface area (Å²) in [5.41, 5.74) is 2.36. The van der Waals surface area contributed by atoms with Gasteiger partial charge in [-0.25, -0.2) is 4.39 Å². The van der Waals surface area contributed by atoms with Crippen molar-refractivity contribution < 1.29 is 9.13 Å². The fraction of sp³-hybridized carbons (Fsp3) is 0.250.